The quantitative estimate of drug-likeness (QED) is 0.569. The summed E-state index contributed by atoms with van der Waals surface area (Å²) in [5.41, 5.74) is 0.286. The molecule has 1 aliphatic carbocycles. The number of hydrogen-bond donors (Lipinski definition) is 3. The van der Waals surface area contributed by atoms with Crippen molar-refractivity contribution in [2.75, 3.05) is 6.61 Å². The molecule has 3 N–H and O–H groups in total. The number of rotatable bonds is 4. The molecule has 0 unspecified atom stereocenters. The molecule has 7 heteroatoms. The average molecular weight is 365 g/mol. The van der Waals surface area contributed by atoms with E-state index in [0.29, 0.717) is 10.9 Å². The molecule has 0 radical (unpaired) electrons. The van der Waals surface area contributed by atoms with Crippen molar-refractivity contribution in [2.45, 2.75) is 31.7 Å². The van der Waals surface area contributed by atoms with Crippen LogP contribution in [0.4, 0.5) is 0 Å². The maximum absolute atomic E-state index is 12.2. The van der Waals surface area contributed by atoms with Crippen molar-refractivity contribution in [1.82, 2.24) is 0 Å². The molecule has 0 fully saturated rings. The lowest BCUT2D eigenvalue weighted by Crippen LogP contribution is -2.35. The molecule has 1 aliphatic rings. The molecule has 0 bridgehead atoms. The molecule has 0 saturated carbocycles. The predicted octanol–water partition coefficient (Wildman–Crippen LogP) is 2.70. The van der Waals surface area contributed by atoms with Gasteiger partial charge in [0.05, 0.1) is 16.0 Å². The number of aliphatic hydroxyl groups is 1. The molecule has 1 atom stereocenters. The Morgan fingerprint density at radius 3 is 2.12 bits per heavy atom. The highest BCUT2D eigenvalue weighted by atomic mass is 35.5. The first kappa shape index (κ1) is 17.5. The number of benzene rings is 2. The molecule has 3 rings (SSSR count). The topological polar surface area (TPSA) is 104 Å². The number of hydrogen-bond acceptors (Lipinski definition) is 6. The summed E-state index contributed by atoms with van der Waals surface area (Å²) in [5.74, 6) is -2.28. The third-order valence-corrected chi connectivity index (χ3v) is 4.63. The van der Waals surface area contributed by atoms with Crippen LogP contribution in [0.2, 0.25) is 0 Å². The molecule has 0 aromatic heterocycles. The predicted molar refractivity (Wildman–Crippen MR) is 92.1 cm³/mol. The highest BCUT2D eigenvalue weighted by molar-refractivity contribution is 6.58. The van der Waals surface area contributed by atoms with Gasteiger partial charge < -0.3 is 20.1 Å². The number of phenolic OH excluding ortho intramolecular Hbond substituents is 2. The Bertz CT molecular complexity index is 906. The van der Waals surface area contributed by atoms with Crippen molar-refractivity contribution in [2.24, 2.45) is 0 Å². The van der Waals surface area contributed by atoms with Gasteiger partial charge in [-0.2, -0.15) is 0 Å². The smallest absolute Gasteiger partial charge is 0.238 e. The van der Waals surface area contributed by atoms with Crippen molar-refractivity contribution in [1.29, 1.82) is 0 Å². The Hall–Kier alpha value is -2.31. The van der Waals surface area contributed by atoms with Crippen LogP contribution in [0.5, 0.6) is 17.2 Å². The summed E-state index contributed by atoms with van der Waals surface area (Å²) in [4.78, 5) is 23.4. The lowest BCUT2D eigenvalue weighted by Gasteiger charge is -2.24. The van der Waals surface area contributed by atoms with Crippen LogP contribution in [0.15, 0.2) is 12.1 Å². The van der Waals surface area contributed by atoms with Crippen molar-refractivity contribution >= 4 is 33.9 Å². The average Bonchev–Trinajstić information content (AvgIpc) is 2.75. The van der Waals surface area contributed by atoms with Crippen LogP contribution in [-0.4, -0.2) is 44.5 Å². The summed E-state index contributed by atoms with van der Waals surface area (Å²) < 4.78 is 5.62. The van der Waals surface area contributed by atoms with Gasteiger partial charge in [-0.05, 0) is 32.4 Å². The number of carbonyl (C=O) groups is 2. The third kappa shape index (κ3) is 2.62. The molecule has 132 valence electrons. The monoisotopic (exact) mass is 364 g/mol. The van der Waals surface area contributed by atoms with E-state index >= 15 is 0 Å². The first-order chi connectivity index (χ1) is 11.5. The van der Waals surface area contributed by atoms with E-state index in [0.717, 1.165) is 0 Å². The standard InChI is InChI=1S/C18H17ClO6/c1-7-4-8(20)13-15-12(7)10(25-6-11(22)18(2,3)19)5-9(21)14(15)17(24)16(13)23/h4-5,11,20-22H,6H2,1-3H3/t11-/m1/s1. The summed E-state index contributed by atoms with van der Waals surface area (Å²) in [7, 11) is 0. The summed E-state index contributed by atoms with van der Waals surface area (Å²) in [6.07, 6.45) is -0.990. The fourth-order valence-corrected chi connectivity index (χ4v) is 2.99. The van der Waals surface area contributed by atoms with E-state index in [9.17, 15) is 24.9 Å². The summed E-state index contributed by atoms with van der Waals surface area (Å²) in [5, 5.41) is 30.9. The van der Waals surface area contributed by atoms with Crippen LogP contribution in [0.25, 0.3) is 10.8 Å². The van der Waals surface area contributed by atoms with Crippen molar-refractivity contribution in [3.05, 3.63) is 28.8 Å². The number of aromatic hydroxyl groups is 2. The first-order valence-electron chi connectivity index (χ1n) is 7.65. The second-order valence-electron chi connectivity index (χ2n) is 6.66. The van der Waals surface area contributed by atoms with E-state index in [2.05, 4.69) is 0 Å². The number of Topliss-reactive ketones (excluding diaryl/α,β-unsaturated/α-hetero) is 2. The Morgan fingerprint density at radius 1 is 1.08 bits per heavy atom. The number of ketones is 2. The largest absolute Gasteiger partial charge is 0.507 e. The second-order valence-corrected chi connectivity index (χ2v) is 7.63. The van der Waals surface area contributed by atoms with Gasteiger partial charge in [-0.25, -0.2) is 0 Å². The molecule has 0 heterocycles. The highest BCUT2D eigenvalue weighted by Gasteiger charge is 2.38. The van der Waals surface area contributed by atoms with Gasteiger partial charge in [0.15, 0.2) is 0 Å². The van der Waals surface area contributed by atoms with Crippen LogP contribution >= 0.6 is 11.6 Å². The lowest BCUT2D eigenvalue weighted by atomic mass is 9.98. The third-order valence-electron chi connectivity index (χ3n) is 4.37. The minimum atomic E-state index is -0.990. The van der Waals surface area contributed by atoms with Gasteiger partial charge in [-0.15, -0.1) is 11.6 Å². The summed E-state index contributed by atoms with van der Waals surface area (Å²) in [6, 6.07) is 2.60. The normalized spacial score (nSPS) is 15.1. The number of aliphatic hydroxyl groups excluding tert-OH is 1. The number of ether oxygens (including phenoxy) is 1. The van der Waals surface area contributed by atoms with Crippen LogP contribution in [-0.2, 0) is 0 Å². The fraction of sp³-hybridized carbons (Fsp3) is 0.333. The number of halogens is 1. The van der Waals surface area contributed by atoms with E-state index in [4.69, 9.17) is 16.3 Å². The minimum Gasteiger partial charge on any atom is -0.507 e. The molecular formula is C18H17ClO6. The number of alkyl halides is 1. The summed E-state index contributed by atoms with van der Waals surface area (Å²) in [6.45, 7) is 4.80. The zero-order valence-electron chi connectivity index (χ0n) is 13.9. The SMILES string of the molecule is Cc1cc(O)c2c3c(c(O)cc(OC[C@@H](O)C(C)(C)Cl)c13)C(=O)C2=O. The van der Waals surface area contributed by atoms with Gasteiger partial charge in [-0.3, -0.25) is 9.59 Å². The molecule has 0 saturated heterocycles. The van der Waals surface area contributed by atoms with E-state index in [1.54, 1.807) is 20.8 Å². The number of aryl methyl sites for hydroxylation is 1. The van der Waals surface area contributed by atoms with Crippen LogP contribution in [0, 0.1) is 6.92 Å². The maximum atomic E-state index is 12.2. The fourth-order valence-electron chi connectivity index (χ4n) is 2.93. The number of carbonyl (C=O) groups excluding carboxylic acids is 2. The van der Waals surface area contributed by atoms with Gasteiger partial charge in [-0.1, -0.05) is 0 Å². The molecular weight excluding hydrogens is 348 g/mol. The highest BCUT2D eigenvalue weighted by Crippen LogP contribution is 2.46. The molecule has 0 aliphatic heterocycles. The van der Waals surface area contributed by atoms with Crippen molar-refractivity contribution in [3.8, 4) is 17.2 Å². The van der Waals surface area contributed by atoms with Gasteiger partial charge >= 0.3 is 0 Å². The second kappa shape index (κ2) is 5.61. The Labute approximate surface area is 148 Å². The molecule has 6 nitrogen and oxygen atoms in total. The van der Waals surface area contributed by atoms with Gasteiger partial charge in [0, 0.05) is 16.8 Å². The molecule has 0 amide bonds. The van der Waals surface area contributed by atoms with Crippen LogP contribution in [0.1, 0.15) is 40.1 Å². The molecule has 0 spiro atoms. The van der Waals surface area contributed by atoms with Gasteiger partial charge in [0.2, 0.25) is 11.6 Å². The van der Waals surface area contributed by atoms with Gasteiger partial charge in [0.1, 0.15) is 30.0 Å². The Balaban J connectivity index is 2.20. The van der Waals surface area contributed by atoms with E-state index < -0.39 is 28.3 Å². The Kier molecular flexibility index (Phi) is 3.93. The Morgan fingerprint density at radius 2 is 1.60 bits per heavy atom. The maximum Gasteiger partial charge on any atom is 0.238 e. The summed E-state index contributed by atoms with van der Waals surface area (Å²) >= 11 is 6.05. The van der Waals surface area contributed by atoms with Gasteiger partial charge in [0.25, 0.3) is 0 Å². The van der Waals surface area contributed by atoms with E-state index in [-0.39, 0.29) is 34.6 Å². The van der Waals surface area contributed by atoms with Crippen molar-refractivity contribution < 1.29 is 29.6 Å². The van der Waals surface area contributed by atoms with E-state index in [1.165, 1.54) is 12.1 Å². The zero-order valence-corrected chi connectivity index (χ0v) is 14.6. The number of phenols is 2. The molecule has 2 aromatic carbocycles. The molecule has 2 aromatic rings. The van der Waals surface area contributed by atoms with Crippen LogP contribution in [0.3, 0.4) is 0 Å². The zero-order chi connectivity index (χ0) is 18.7. The van der Waals surface area contributed by atoms with Crippen LogP contribution < -0.4 is 4.74 Å². The minimum absolute atomic E-state index is 0.139. The molecule has 25 heavy (non-hydrogen) atoms. The first-order valence-corrected chi connectivity index (χ1v) is 8.03. The lowest BCUT2D eigenvalue weighted by molar-refractivity contribution is 0.0812. The van der Waals surface area contributed by atoms with E-state index in [1.807, 2.05) is 0 Å². The van der Waals surface area contributed by atoms with Crippen molar-refractivity contribution in [3.63, 3.8) is 0 Å².